The zero-order chi connectivity index (χ0) is 17.0. The molecular formula is C21H29N3O. The van der Waals surface area contributed by atoms with Crippen LogP contribution in [0.15, 0.2) is 18.2 Å². The number of likely N-dealkylation sites (tertiary alicyclic amines) is 1. The highest BCUT2D eigenvalue weighted by Crippen LogP contribution is 2.56. The van der Waals surface area contributed by atoms with Crippen LogP contribution in [0.3, 0.4) is 0 Å². The molecule has 4 aliphatic rings. The van der Waals surface area contributed by atoms with E-state index >= 15 is 0 Å². The van der Waals surface area contributed by atoms with Gasteiger partial charge in [0.2, 0.25) is 0 Å². The highest BCUT2D eigenvalue weighted by atomic mass is 16.2. The molecule has 25 heavy (non-hydrogen) atoms. The van der Waals surface area contributed by atoms with Gasteiger partial charge in [-0.25, -0.2) is 4.79 Å². The maximum absolute atomic E-state index is 11.3. The van der Waals surface area contributed by atoms with Gasteiger partial charge in [-0.3, -0.25) is 4.90 Å². The van der Waals surface area contributed by atoms with Crippen molar-refractivity contribution in [1.82, 2.24) is 4.90 Å². The summed E-state index contributed by atoms with van der Waals surface area (Å²) < 4.78 is 0. The fraction of sp³-hybridized carbons (Fsp3) is 0.667. The van der Waals surface area contributed by atoms with E-state index in [2.05, 4.69) is 22.3 Å². The van der Waals surface area contributed by atoms with E-state index in [9.17, 15) is 4.79 Å². The second-order valence-electron chi connectivity index (χ2n) is 8.83. The van der Waals surface area contributed by atoms with Crippen LogP contribution in [-0.4, -0.2) is 30.1 Å². The molecule has 134 valence electrons. The molecule has 3 atom stereocenters. The van der Waals surface area contributed by atoms with E-state index in [4.69, 9.17) is 5.73 Å². The van der Waals surface area contributed by atoms with Crippen LogP contribution in [0.2, 0.25) is 0 Å². The van der Waals surface area contributed by atoms with Crippen molar-refractivity contribution in [1.29, 1.82) is 0 Å². The molecule has 2 amide bonds. The fourth-order valence-electron chi connectivity index (χ4n) is 6.16. The Labute approximate surface area is 150 Å². The molecule has 4 nitrogen and oxygen atoms in total. The van der Waals surface area contributed by atoms with Crippen LogP contribution < -0.4 is 11.1 Å². The molecule has 3 aliphatic carbocycles. The van der Waals surface area contributed by atoms with Gasteiger partial charge in [-0.2, -0.15) is 0 Å². The van der Waals surface area contributed by atoms with Crippen LogP contribution in [0.5, 0.6) is 0 Å². The Bertz CT molecular complexity index is 698. The van der Waals surface area contributed by atoms with Crippen molar-refractivity contribution in [3.8, 4) is 0 Å². The van der Waals surface area contributed by atoms with Gasteiger partial charge in [-0.1, -0.05) is 18.9 Å². The monoisotopic (exact) mass is 339 g/mol. The number of amides is 2. The molecule has 1 aliphatic heterocycles. The number of fused-ring (bicyclic) bond motifs is 1. The van der Waals surface area contributed by atoms with E-state index in [0.717, 1.165) is 23.6 Å². The highest BCUT2D eigenvalue weighted by molar-refractivity contribution is 5.88. The molecule has 5 rings (SSSR count). The topological polar surface area (TPSA) is 58.4 Å². The molecule has 2 saturated carbocycles. The van der Waals surface area contributed by atoms with Crippen molar-refractivity contribution in [2.75, 3.05) is 18.4 Å². The summed E-state index contributed by atoms with van der Waals surface area (Å²) >= 11 is 0. The molecule has 1 aromatic carbocycles. The molecule has 3 N–H and O–H groups in total. The SMILES string of the molecule is NC(=O)Nc1ccc2c(c1)[C@@]13CCCC[C@H]1[C@@H](C2)N(CC1CC1)CC3. The second kappa shape index (κ2) is 5.73. The van der Waals surface area contributed by atoms with Crippen molar-refractivity contribution in [2.45, 2.75) is 62.8 Å². The maximum Gasteiger partial charge on any atom is 0.316 e. The summed E-state index contributed by atoms with van der Waals surface area (Å²) in [5.74, 6) is 1.77. The van der Waals surface area contributed by atoms with E-state index in [1.165, 1.54) is 75.6 Å². The second-order valence-corrected chi connectivity index (χ2v) is 8.83. The minimum absolute atomic E-state index is 0.339. The lowest BCUT2D eigenvalue weighted by atomic mass is 9.52. The first-order valence-electron chi connectivity index (χ1n) is 10.1. The maximum atomic E-state index is 11.3. The minimum Gasteiger partial charge on any atom is -0.351 e. The summed E-state index contributed by atoms with van der Waals surface area (Å²) in [5, 5.41) is 2.79. The number of nitrogens with two attached hydrogens (primary N) is 1. The molecular weight excluding hydrogens is 310 g/mol. The lowest BCUT2D eigenvalue weighted by Crippen LogP contribution is -2.61. The van der Waals surface area contributed by atoms with Gasteiger partial charge < -0.3 is 11.1 Å². The zero-order valence-corrected chi connectivity index (χ0v) is 15.0. The van der Waals surface area contributed by atoms with Crippen LogP contribution in [0.1, 0.15) is 56.1 Å². The third kappa shape index (κ3) is 2.57. The molecule has 0 radical (unpaired) electrons. The number of primary amides is 1. The molecule has 0 unspecified atom stereocenters. The molecule has 0 spiro atoms. The summed E-state index contributed by atoms with van der Waals surface area (Å²) in [6.07, 6.45) is 10.8. The third-order valence-electron chi connectivity index (χ3n) is 7.41. The average molecular weight is 339 g/mol. The van der Waals surface area contributed by atoms with E-state index in [0.29, 0.717) is 5.41 Å². The Kier molecular flexibility index (Phi) is 3.60. The number of piperidine rings is 1. The van der Waals surface area contributed by atoms with Gasteiger partial charge in [-0.15, -0.1) is 0 Å². The Morgan fingerprint density at radius 2 is 2.12 bits per heavy atom. The highest BCUT2D eigenvalue weighted by Gasteiger charge is 2.54. The molecule has 3 fully saturated rings. The van der Waals surface area contributed by atoms with E-state index < -0.39 is 6.03 Å². The zero-order valence-electron chi connectivity index (χ0n) is 15.0. The van der Waals surface area contributed by atoms with Gasteiger partial charge in [0.1, 0.15) is 0 Å². The molecule has 0 aromatic heterocycles. The van der Waals surface area contributed by atoms with E-state index in [1.807, 2.05) is 6.07 Å². The summed E-state index contributed by atoms with van der Waals surface area (Å²) in [6.45, 7) is 2.58. The molecule has 1 heterocycles. The summed E-state index contributed by atoms with van der Waals surface area (Å²) in [5.41, 5.74) is 9.58. The van der Waals surface area contributed by atoms with Crippen molar-refractivity contribution in [2.24, 2.45) is 17.6 Å². The normalized spacial score (nSPS) is 34.1. The fourth-order valence-corrected chi connectivity index (χ4v) is 6.16. The van der Waals surface area contributed by atoms with Gasteiger partial charge in [0.25, 0.3) is 0 Å². The van der Waals surface area contributed by atoms with Crippen LogP contribution in [0.4, 0.5) is 10.5 Å². The number of carbonyl (C=O) groups is 1. The first-order chi connectivity index (χ1) is 12.2. The number of rotatable bonds is 3. The lowest BCUT2D eigenvalue weighted by molar-refractivity contribution is -0.0133. The van der Waals surface area contributed by atoms with Crippen LogP contribution in [0, 0.1) is 11.8 Å². The average Bonchev–Trinajstić information content (AvgIpc) is 3.41. The Balaban J connectivity index is 1.54. The summed E-state index contributed by atoms with van der Waals surface area (Å²) in [7, 11) is 0. The smallest absolute Gasteiger partial charge is 0.316 e. The van der Waals surface area contributed by atoms with Gasteiger partial charge in [0.05, 0.1) is 0 Å². The number of benzene rings is 1. The Morgan fingerprint density at radius 3 is 2.92 bits per heavy atom. The van der Waals surface area contributed by atoms with Gasteiger partial charge in [0.15, 0.2) is 0 Å². The van der Waals surface area contributed by atoms with Crippen LogP contribution >= 0.6 is 0 Å². The first kappa shape index (κ1) is 15.7. The number of hydrogen-bond donors (Lipinski definition) is 2. The molecule has 4 heteroatoms. The molecule has 2 bridgehead atoms. The largest absolute Gasteiger partial charge is 0.351 e. The third-order valence-corrected chi connectivity index (χ3v) is 7.41. The van der Waals surface area contributed by atoms with Crippen molar-refractivity contribution in [3.63, 3.8) is 0 Å². The van der Waals surface area contributed by atoms with Crippen molar-refractivity contribution in [3.05, 3.63) is 29.3 Å². The standard InChI is InChI=1S/C21H29N3O/c22-20(25)23-16-7-6-15-11-19-17-3-1-2-8-21(17,18(15)12-16)9-10-24(19)13-14-4-5-14/h6-7,12,14,17,19H,1-5,8-11,13H2,(H3,22,23,25)/t17-,19+,21+/m0/s1. The summed E-state index contributed by atoms with van der Waals surface area (Å²) in [6, 6.07) is 6.79. The number of carbonyl (C=O) groups excluding carboxylic acids is 1. The van der Waals surface area contributed by atoms with Crippen molar-refractivity contribution >= 4 is 11.7 Å². The van der Waals surface area contributed by atoms with E-state index in [1.54, 1.807) is 0 Å². The predicted molar refractivity (Wildman–Crippen MR) is 99.7 cm³/mol. The number of hydrogen-bond acceptors (Lipinski definition) is 2. The minimum atomic E-state index is -0.467. The van der Waals surface area contributed by atoms with Crippen LogP contribution in [-0.2, 0) is 11.8 Å². The van der Waals surface area contributed by atoms with Crippen molar-refractivity contribution < 1.29 is 4.79 Å². The van der Waals surface area contributed by atoms with Gasteiger partial charge in [0, 0.05) is 23.7 Å². The molecule has 1 saturated heterocycles. The summed E-state index contributed by atoms with van der Waals surface area (Å²) in [4.78, 5) is 14.1. The molecule has 1 aromatic rings. The number of urea groups is 1. The number of nitrogens with zero attached hydrogens (tertiary/aromatic N) is 1. The Hall–Kier alpha value is -1.55. The Morgan fingerprint density at radius 1 is 1.24 bits per heavy atom. The number of nitrogens with one attached hydrogen (secondary N) is 1. The van der Waals surface area contributed by atoms with Crippen LogP contribution in [0.25, 0.3) is 0 Å². The lowest BCUT2D eigenvalue weighted by Gasteiger charge is -2.59. The quantitative estimate of drug-likeness (QED) is 0.883. The van der Waals surface area contributed by atoms with Gasteiger partial charge >= 0.3 is 6.03 Å². The van der Waals surface area contributed by atoms with E-state index in [-0.39, 0.29) is 0 Å². The number of anilines is 1. The van der Waals surface area contributed by atoms with Gasteiger partial charge in [-0.05, 0) is 80.2 Å². The predicted octanol–water partition coefficient (Wildman–Crippen LogP) is 3.65. The first-order valence-corrected chi connectivity index (χ1v) is 10.1.